The number of pyridine rings is 1. The number of anilines is 1. The summed E-state index contributed by atoms with van der Waals surface area (Å²) in [5.41, 5.74) is 0.616. The molecule has 0 radical (unpaired) electrons. The van der Waals surface area contributed by atoms with Crippen molar-refractivity contribution in [2.24, 2.45) is 0 Å². The second kappa shape index (κ2) is 6.82. The summed E-state index contributed by atoms with van der Waals surface area (Å²) in [5, 5.41) is 3.12. The van der Waals surface area contributed by atoms with Gasteiger partial charge in [0, 0.05) is 24.6 Å². The lowest BCUT2D eigenvalue weighted by Gasteiger charge is -2.04. The van der Waals surface area contributed by atoms with Crippen LogP contribution in [0.3, 0.4) is 0 Å². The smallest absolute Gasteiger partial charge is 0.225 e. The zero-order valence-corrected chi connectivity index (χ0v) is 11.4. The topological polar surface area (TPSA) is 59.1 Å². The molecule has 1 N–H and O–H groups in total. The Hall–Kier alpha value is -2.20. The number of carbonyl (C=O) groups excluding carboxylic acids is 2. The average Bonchev–Trinajstić information content (AvgIpc) is 2.48. The van der Waals surface area contributed by atoms with Crippen LogP contribution < -0.4 is 5.32 Å². The van der Waals surface area contributed by atoms with Crippen LogP contribution in [-0.2, 0) is 4.79 Å². The van der Waals surface area contributed by atoms with E-state index in [1.807, 2.05) is 6.07 Å². The molecule has 4 nitrogen and oxygen atoms in total. The standard InChI is InChI=1S/C15H13ClN2O2/c16-12-6-8-14(17-10-12)18-15(20)9-7-13(19)11-4-2-1-3-5-11/h1-6,8,10H,7,9H2,(H,17,18,20). The average molecular weight is 289 g/mol. The summed E-state index contributed by atoms with van der Waals surface area (Å²) in [5.74, 6) is 0.125. The van der Waals surface area contributed by atoms with E-state index >= 15 is 0 Å². The van der Waals surface area contributed by atoms with E-state index in [0.717, 1.165) is 0 Å². The summed E-state index contributed by atoms with van der Waals surface area (Å²) >= 11 is 5.70. The van der Waals surface area contributed by atoms with Crippen molar-refractivity contribution >= 4 is 29.1 Å². The summed E-state index contributed by atoms with van der Waals surface area (Å²) in [6, 6.07) is 12.2. The van der Waals surface area contributed by atoms with E-state index in [-0.39, 0.29) is 24.5 Å². The molecule has 2 aromatic rings. The lowest BCUT2D eigenvalue weighted by molar-refractivity contribution is -0.116. The number of Topliss-reactive ketones (excluding diaryl/α,β-unsaturated/α-hetero) is 1. The Morgan fingerprint density at radius 3 is 2.45 bits per heavy atom. The second-order valence-corrected chi connectivity index (χ2v) is 4.64. The minimum Gasteiger partial charge on any atom is -0.311 e. The van der Waals surface area contributed by atoms with Gasteiger partial charge < -0.3 is 5.32 Å². The third-order valence-corrected chi connectivity index (χ3v) is 2.89. The Labute approximate surface area is 121 Å². The van der Waals surface area contributed by atoms with Crippen LogP contribution in [0.1, 0.15) is 23.2 Å². The first kappa shape index (κ1) is 14.2. The van der Waals surface area contributed by atoms with Crippen molar-refractivity contribution in [3.8, 4) is 0 Å². The maximum atomic E-state index is 11.8. The van der Waals surface area contributed by atoms with Crippen molar-refractivity contribution < 1.29 is 9.59 Å². The minimum atomic E-state index is -0.246. The molecule has 0 saturated heterocycles. The molecule has 1 heterocycles. The third kappa shape index (κ3) is 4.17. The number of ketones is 1. The Balaban J connectivity index is 1.83. The van der Waals surface area contributed by atoms with Gasteiger partial charge in [-0.3, -0.25) is 9.59 Å². The molecule has 0 atom stereocenters. The Bertz CT molecular complexity index is 597. The fourth-order valence-electron chi connectivity index (χ4n) is 1.65. The molecule has 0 aliphatic heterocycles. The van der Waals surface area contributed by atoms with Crippen LogP contribution in [-0.4, -0.2) is 16.7 Å². The second-order valence-electron chi connectivity index (χ2n) is 4.20. The van der Waals surface area contributed by atoms with Crippen molar-refractivity contribution in [1.29, 1.82) is 0 Å². The summed E-state index contributed by atoms with van der Waals surface area (Å²) < 4.78 is 0. The fourth-order valence-corrected chi connectivity index (χ4v) is 1.76. The van der Waals surface area contributed by atoms with Gasteiger partial charge in [-0.25, -0.2) is 4.98 Å². The van der Waals surface area contributed by atoms with Crippen molar-refractivity contribution in [2.75, 3.05) is 5.32 Å². The van der Waals surface area contributed by atoms with Crippen LogP contribution >= 0.6 is 11.6 Å². The molecule has 0 unspecified atom stereocenters. The molecule has 0 spiro atoms. The largest absolute Gasteiger partial charge is 0.311 e. The number of carbonyl (C=O) groups is 2. The van der Waals surface area contributed by atoms with Crippen molar-refractivity contribution in [2.45, 2.75) is 12.8 Å². The third-order valence-electron chi connectivity index (χ3n) is 2.67. The number of nitrogens with one attached hydrogen (secondary N) is 1. The quantitative estimate of drug-likeness (QED) is 0.859. The van der Waals surface area contributed by atoms with Crippen molar-refractivity contribution in [3.63, 3.8) is 0 Å². The van der Waals surface area contributed by atoms with E-state index in [1.165, 1.54) is 6.20 Å². The number of hydrogen-bond donors (Lipinski definition) is 1. The molecule has 0 saturated carbocycles. The van der Waals surface area contributed by atoms with Crippen LogP contribution in [0, 0.1) is 0 Å². The van der Waals surface area contributed by atoms with Gasteiger partial charge in [0.15, 0.2) is 5.78 Å². The fraction of sp³-hybridized carbons (Fsp3) is 0.133. The molecule has 20 heavy (non-hydrogen) atoms. The molecule has 1 amide bonds. The zero-order chi connectivity index (χ0) is 14.4. The molecular weight excluding hydrogens is 276 g/mol. The predicted octanol–water partition coefficient (Wildman–Crippen LogP) is 3.34. The first-order valence-electron chi connectivity index (χ1n) is 6.15. The van der Waals surface area contributed by atoms with Gasteiger partial charge >= 0.3 is 0 Å². The van der Waals surface area contributed by atoms with Crippen LogP contribution in [0.25, 0.3) is 0 Å². The molecule has 0 aliphatic carbocycles. The van der Waals surface area contributed by atoms with Gasteiger partial charge in [-0.1, -0.05) is 41.9 Å². The normalized spacial score (nSPS) is 10.1. The monoisotopic (exact) mass is 288 g/mol. The van der Waals surface area contributed by atoms with Gasteiger partial charge in [0.25, 0.3) is 0 Å². The van der Waals surface area contributed by atoms with E-state index in [0.29, 0.717) is 16.4 Å². The van der Waals surface area contributed by atoms with Gasteiger partial charge in [0.05, 0.1) is 5.02 Å². The lowest BCUT2D eigenvalue weighted by Crippen LogP contribution is -2.14. The molecule has 1 aromatic carbocycles. The SMILES string of the molecule is O=C(CCC(=O)c1ccccc1)Nc1ccc(Cl)cn1. The Morgan fingerprint density at radius 2 is 1.80 bits per heavy atom. The maximum absolute atomic E-state index is 11.8. The molecule has 1 aromatic heterocycles. The zero-order valence-electron chi connectivity index (χ0n) is 10.7. The van der Waals surface area contributed by atoms with Crippen LogP contribution in [0.2, 0.25) is 5.02 Å². The number of nitrogens with zero attached hydrogens (tertiary/aromatic N) is 1. The van der Waals surface area contributed by atoms with E-state index < -0.39 is 0 Å². The highest BCUT2D eigenvalue weighted by Gasteiger charge is 2.09. The number of aromatic nitrogens is 1. The van der Waals surface area contributed by atoms with Gasteiger partial charge in [-0.2, -0.15) is 0 Å². The Morgan fingerprint density at radius 1 is 1.05 bits per heavy atom. The van der Waals surface area contributed by atoms with Gasteiger partial charge in [0.2, 0.25) is 5.91 Å². The van der Waals surface area contributed by atoms with E-state index in [9.17, 15) is 9.59 Å². The molecule has 0 bridgehead atoms. The number of rotatable bonds is 5. The first-order chi connectivity index (χ1) is 9.65. The van der Waals surface area contributed by atoms with Crippen LogP contribution in [0.4, 0.5) is 5.82 Å². The molecule has 5 heteroatoms. The number of halogens is 1. The highest BCUT2D eigenvalue weighted by atomic mass is 35.5. The number of hydrogen-bond acceptors (Lipinski definition) is 3. The minimum absolute atomic E-state index is 0.0511. The highest BCUT2D eigenvalue weighted by molar-refractivity contribution is 6.30. The van der Waals surface area contributed by atoms with Crippen molar-refractivity contribution in [1.82, 2.24) is 4.98 Å². The molecular formula is C15H13ClN2O2. The van der Waals surface area contributed by atoms with E-state index in [2.05, 4.69) is 10.3 Å². The first-order valence-corrected chi connectivity index (χ1v) is 6.52. The molecule has 0 aliphatic rings. The highest BCUT2D eigenvalue weighted by Crippen LogP contribution is 2.10. The lowest BCUT2D eigenvalue weighted by atomic mass is 10.1. The summed E-state index contributed by atoms with van der Waals surface area (Å²) in [4.78, 5) is 27.5. The summed E-state index contributed by atoms with van der Waals surface area (Å²) in [6.07, 6.45) is 1.74. The predicted molar refractivity (Wildman–Crippen MR) is 77.9 cm³/mol. The van der Waals surface area contributed by atoms with Crippen LogP contribution in [0.5, 0.6) is 0 Å². The van der Waals surface area contributed by atoms with E-state index in [1.54, 1.807) is 36.4 Å². The summed E-state index contributed by atoms with van der Waals surface area (Å²) in [6.45, 7) is 0. The molecule has 0 fully saturated rings. The van der Waals surface area contributed by atoms with Gasteiger partial charge in [-0.05, 0) is 12.1 Å². The summed E-state index contributed by atoms with van der Waals surface area (Å²) in [7, 11) is 0. The number of amides is 1. The molecule has 102 valence electrons. The Kier molecular flexibility index (Phi) is 4.85. The molecule has 2 rings (SSSR count). The van der Waals surface area contributed by atoms with E-state index in [4.69, 9.17) is 11.6 Å². The maximum Gasteiger partial charge on any atom is 0.225 e. The van der Waals surface area contributed by atoms with Gasteiger partial charge in [0.1, 0.15) is 5.82 Å². The van der Waals surface area contributed by atoms with Crippen LogP contribution in [0.15, 0.2) is 48.7 Å². The van der Waals surface area contributed by atoms with Crippen molar-refractivity contribution in [3.05, 3.63) is 59.2 Å². The number of benzene rings is 1. The van der Waals surface area contributed by atoms with Gasteiger partial charge in [-0.15, -0.1) is 0 Å².